The highest BCUT2D eigenvalue weighted by Crippen LogP contribution is 2.23. The number of ether oxygens (including phenoxy) is 1. The maximum Gasteiger partial charge on any atom is 0.408 e. The highest BCUT2D eigenvalue weighted by molar-refractivity contribution is 5.68. The lowest BCUT2D eigenvalue weighted by Crippen LogP contribution is -2.38. The number of imidazole rings is 1. The summed E-state index contributed by atoms with van der Waals surface area (Å²) in [6.07, 6.45) is 1.60. The van der Waals surface area contributed by atoms with Gasteiger partial charge >= 0.3 is 6.09 Å². The maximum absolute atomic E-state index is 12.3. The molecule has 0 spiro atoms. The smallest absolute Gasteiger partial charge is 0.408 e. The molecule has 0 unspecified atom stereocenters. The summed E-state index contributed by atoms with van der Waals surface area (Å²) in [5.41, 5.74) is 1.60. The molecule has 5 nitrogen and oxygen atoms in total. The molecule has 0 saturated carbocycles. The first-order chi connectivity index (χ1) is 11.7. The van der Waals surface area contributed by atoms with Gasteiger partial charge < -0.3 is 14.6 Å². The Hall–Kier alpha value is -2.30. The lowest BCUT2D eigenvalue weighted by atomic mass is 10.0. The van der Waals surface area contributed by atoms with Gasteiger partial charge in [0.25, 0.3) is 0 Å². The molecule has 5 heteroatoms. The first-order valence-corrected chi connectivity index (χ1v) is 8.73. The quantitative estimate of drug-likeness (QED) is 0.872. The predicted molar refractivity (Wildman–Crippen MR) is 99.5 cm³/mol. The van der Waals surface area contributed by atoms with Crippen LogP contribution in [0, 0.1) is 12.8 Å². The Morgan fingerprint density at radius 3 is 2.44 bits per heavy atom. The van der Waals surface area contributed by atoms with Crippen LogP contribution in [-0.4, -0.2) is 21.2 Å². The number of hydrogen-bond acceptors (Lipinski definition) is 3. The number of benzene rings is 1. The minimum absolute atomic E-state index is 0.184. The van der Waals surface area contributed by atoms with Gasteiger partial charge in [-0.25, -0.2) is 9.78 Å². The van der Waals surface area contributed by atoms with E-state index in [2.05, 4.69) is 40.8 Å². The van der Waals surface area contributed by atoms with Crippen molar-refractivity contribution in [2.75, 3.05) is 0 Å². The molecule has 0 fully saturated rings. The van der Waals surface area contributed by atoms with Crippen LogP contribution in [0.3, 0.4) is 0 Å². The van der Waals surface area contributed by atoms with Crippen LogP contribution in [0.5, 0.6) is 0 Å². The molecule has 0 bridgehead atoms. The molecule has 0 aliphatic carbocycles. The number of carbonyl (C=O) groups excluding carboxylic acids is 1. The van der Waals surface area contributed by atoms with Crippen molar-refractivity contribution < 1.29 is 9.53 Å². The third-order valence-corrected chi connectivity index (χ3v) is 3.74. The number of amides is 1. The molecule has 0 aliphatic rings. The third-order valence-electron chi connectivity index (χ3n) is 3.74. The lowest BCUT2D eigenvalue weighted by molar-refractivity contribution is 0.0485. The third kappa shape index (κ3) is 5.62. The molecular formula is C20H29N3O2. The van der Waals surface area contributed by atoms with Crippen molar-refractivity contribution in [3.63, 3.8) is 0 Å². The van der Waals surface area contributed by atoms with E-state index < -0.39 is 11.7 Å². The van der Waals surface area contributed by atoms with Gasteiger partial charge in [0, 0.05) is 12.7 Å². The Labute approximate surface area is 150 Å². The second-order valence-electron chi connectivity index (χ2n) is 7.72. The van der Waals surface area contributed by atoms with E-state index in [1.165, 1.54) is 5.56 Å². The molecule has 0 aliphatic heterocycles. The van der Waals surface area contributed by atoms with E-state index in [4.69, 9.17) is 4.74 Å². The zero-order chi connectivity index (χ0) is 18.6. The van der Waals surface area contributed by atoms with Gasteiger partial charge in [-0.05, 0) is 39.2 Å². The summed E-state index contributed by atoms with van der Waals surface area (Å²) in [5, 5.41) is 2.98. The van der Waals surface area contributed by atoms with Crippen LogP contribution in [0.2, 0.25) is 0 Å². The number of aryl methyl sites for hydroxylation is 1. The zero-order valence-corrected chi connectivity index (χ0v) is 16.0. The van der Waals surface area contributed by atoms with Crippen molar-refractivity contribution in [3.05, 3.63) is 53.6 Å². The molecule has 1 heterocycles. The summed E-state index contributed by atoms with van der Waals surface area (Å²) in [5.74, 6) is 1.03. The van der Waals surface area contributed by atoms with Crippen molar-refractivity contribution in [2.45, 2.75) is 59.7 Å². The summed E-state index contributed by atoms with van der Waals surface area (Å²) in [6.45, 7) is 12.4. The Balaban J connectivity index is 2.25. The van der Waals surface area contributed by atoms with Crippen LogP contribution in [0.15, 0.2) is 36.5 Å². The maximum atomic E-state index is 12.3. The molecule has 0 radical (unpaired) electrons. The molecule has 136 valence electrons. The van der Waals surface area contributed by atoms with Crippen LogP contribution >= 0.6 is 0 Å². The zero-order valence-electron chi connectivity index (χ0n) is 16.0. The summed E-state index contributed by atoms with van der Waals surface area (Å²) >= 11 is 0. The largest absolute Gasteiger partial charge is 0.444 e. The van der Waals surface area contributed by atoms with Crippen molar-refractivity contribution in [1.82, 2.24) is 14.9 Å². The Kier molecular flexibility index (Phi) is 5.88. The van der Waals surface area contributed by atoms with E-state index in [1.54, 1.807) is 0 Å². The predicted octanol–water partition coefficient (Wildman–Crippen LogP) is 4.46. The standard InChI is InChI=1S/C20H29N3O2/c1-14(2)17(22-19(24)25-20(4,5)6)18-21-15(3)12-23(18)13-16-10-8-7-9-11-16/h7-12,14,17H,13H2,1-6H3,(H,22,24)/t17-/m1/s1. The molecule has 1 aromatic carbocycles. The Morgan fingerprint density at radius 1 is 1.24 bits per heavy atom. The summed E-state index contributed by atoms with van der Waals surface area (Å²) in [7, 11) is 0. The molecule has 2 rings (SSSR count). The lowest BCUT2D eigenvalue weighted by Gasteiger charge is -2.26. The van der Waals surface area contributed by atoms with E-state index in [1.807, 2.05) is 52.1 Å². The SMILES string of the molecule is Cc1cn(Cc2ccccc2)c([C@H](NC(=O)OC(C)(C)C)C(C)C)n1. The van der Waals surface area contributed by atoms with Crippen molar-refractivity contribution in [2.24, 2.45) is 5.92 Å². The fraction of sp³-hybridized carbons (Fsp3) is 0.500. The number of alkyl carbamates (subject to hydrolysis) is 1. The fourth-order valence-electron chi connectivity index (χ4n) is 2.68. The van der Waals surface area contributed by atoms with E-state index >= 15 is 0 Å². The Morgan fingerprint density at radius 2 is 1.88 bits per heavy atom. The van der Waals surface area contributed by atoms with Crippen molar-refractivity contribution in [3.8, 4) is 0 Å². The molecule has 2 aromatic rings. The number of aromatic nitrogens is 2. The molecule has 1 N–H and O–H groups in total. The molecular weight excluding hydrogens is 314 g/mol. The second-order valence-corrected chi connectivity index (χ2v) is 7.72. The van der Waals surface area contributed by atoms with Gasteiger partial charge in [0.15, 0.2) is 0 Å². The molecule has 1 amide bonds. The van der Waals surface area contributed by atoms with Crippen LogP contribution in [0.4, 0.5) is 4.79 Å². The Bertz CT molecular complexity index is 699. The average molecular weight is 343 g/mol. The molecule has 1 atom stereocenters. The number of rotatable bonds is 5. The van der Waals surface area contributed by atoms with Crippen LogP contribution < -0.4 is 5.32 Å². The minimum atomic E-state index is -0.527. The summed E-state index contributed by atoms with van der Waals surface area (Å²) in [6, 6.07) is 10.0. The number of hydrogen-bond donors (Lipinski definition) is 1. The van der Waals surface area contributed by atoms with Gasteiger partial charge in [-0.2, -0.15) is 0 Å². The summed E-state index contributed by atoms with van der Waals surface area (Å²) < 4.78 is 7.52. The number of nitrogens with one attached hydrogen (secondary N) is 1. The first-order valence-electron chi connectivity index (χ1n) is 8.73. The van der Waals surface area contributed by atoms with Gasteiger partial charge in [-0.15, -0.1) is 0 Å². The normalized spacial score (nSPS) is 12.9. The summed E-state index contributed by atoms with van der Waals surface area (Å²) in [4.78, 5) is 16.9. The van der Waals surface area contributed by atoms with E-state index in [0.29, 0.717) is 0 Å². The van der Waals surface area contributed by atoms with Crippen LogP contribution in [0.1, 0.15) is 57.7 Å². The monoisotopic (exact) mass is 343 g/mol. The highest BCUT2D eigenvalue weighted by Gasteiger charge is 2.26. The first kappa shape index (κ1) is 19.0. The average Bonchev–Trinajstić information content (AvgIpc) is 2.84. The van der Waals surface area contributed by atoms with Gasteiger partial charge in [0.05, 0.1) is 11.7 Å². The van der Waals surface area contributed by atoms with Crippen LogP contribution in [-0.2, 0) is 11.3 Å². The van der Waals surface area contributed by atoms with Crippen molar-refractivity contribution >= 4 is 6.09 Å². The van der Waals surface area contributed by atoms with Crippen LogP contribution in [0.25, 0.3) is 0 Å². The topological polar surface area (TPSA) is 56.2 Å². The van der Waals surface area contributed by atoms with E-state index in [0.717, 1.165) is 18.1 Å². The molecule has 1 aromatic heterocycles. The van der Waals surface area contributed by atoms with Gasteiger partial charge in [0.2, 0.25) is 0 Å². The van der Waals surface area contributed by atoms with Gasteiger partial charge in [-0.1, -0.05) is 44.2 Å². The molecule has 0 saturated heterocycles. The number of carbonyl (C=O) groups is 1. The van der Waals surface area contributed by atoms with Gasteiger partial charge in [-0.3, -0.25) is 0 Å². The van der Waals surface area contributed by atoms with Gasteiger partial charge in [0.1, 0.15) is 11.4 Å². The minimum Gasteiger partial charge on any atom is -0.444 e. The number of nitrogens with zero attached hydrogens (tertiary/aromatic N) is 2. The highest BCUT2D eigenvalue weighted by atomic mass is 16.6. The van der Waals surface area contributed by atoms with Crippen molar-refractivity contribution in [1.29, 1.82) is 0 Å². The van der Waals surface area contributed by atoms with E-state index in [-0.39, 0.29) is 12.0 Å². The van der Waals surface area contributed by atoms with E-state index in [9.17, 15) is 4.79 Å². The fourth-order valence-corrected chi connectivity index (χ4v) is 2.68. The second kappa shape index (κ2) is 7.72. The molecule has 25 heavy (non-hydrogen) atoms.